The zero-order valence-corrected chi connectivity index (χ0v) is 17.0. The predicted octanol–water partition coefficient (Wildman–Crippen LogP) is 5.03. The molecule has 3 rings (SSSR count). The van der Waals surface area contributed by atoms with Gasteiger partial charge in [-0.3, -0.25) is 4.79 Å². The maximum atomic E-state index is 12.8. The highest BCUT2D eigenvalue weighted by molar-refractivity contribution is 5.95. The van der Waals surface area contributed by atoms with Crippen LogP contribution in [0.1, 0.15) is 27.9 Å². The Morgan fingerprint density at radius 1 is 1.06 bits per heavy atom. The normalized spacial score (nSPS) is 10.9. The molecule has 3 aromatic rings. The zero-order chi connectivity index (χ0) is 23.0. The Labute approximate surface area is 183 Å². The second kappa shape index (κ2) is 10.4. The molecule has 0 unspecified atom stereocenters. The summed E-state index contributed by atoms with van der Waals surface area (Å²) >= 11 is 0. The van der Waals surface area contributed by atoms with E-state index in [4.69, 9.17) is 10.00 Å². The summed E-state index contributed by atoms with van der Waals surface area (Å²) in [5.41, 5.74) is 1.57. The maximum Gasteiger partial charge on any atom is 0.416 e. The molecule has 1 amide bonds. The Balaban J connectivity index is 1.64. The zero-order valence-electron chi connectivity index (χ0n) is 17.0. The number of nitriles is 1. The molecule has 0 aliphatic heterocycles. The number of pyridine rings is 1. The number of hydrogen-bond donors (Lipinski definition) is 1. The smallest absolute Gasteiger partial charge is 0.416 e. The van der Waals surface area contributed by atoms with Gasteiger partial charge in [0.2, 0.25) is 5.88 Å². The number of benzene rings is 2. The monoisotopic (exact) mass is 439 g/mol. The van der Waals surface area contributed by atoms with Gasteiger partial charge in [0, 0.05) is 30.2 Å². The van der Waals surface area contributed by atoms with Crippen LogP contribution in [0.4, 0.5) is 13.2 Å². The third kappa shape index (κ3) is 6.32. The molecule has 0 spiro atoms. The fourth-order valence-corrected chi connectivity index (χ4v) is 2.99. The third-order valence-corrected chi connectivity index (χ3v) is 4.56. The first-order valence-corrected chi connectivity index (χ1v) is 9.88. The van der Waals surface area contributed by atoms with Crippen molar-refractivity contribution in [3.63, 3.8) is 0 Å². The standard InChI is InChI=1S/C24H20F3N3O2/c25-24(26,27)20-8-1-5-17(15-20)11-14-32-22-10-3-9-21(30-22)18-6-2-7-19(16-18)23(31)29-13-4-12-28/h1-3,5-10,15-16H,4,11,13-14H2,(H,29,31). The lowest BCUT2D eigenvalue weighted by Crippen LogP contribution is -2.24. The summed E-state index contributed by atoms with van der Waals surface area (Å²) in [4.78, 5) is 16.6. The number of rotatable bonds is 8. The van der Waals surface area contributed by atoms with E-state index in [1.165, 1.54) is 6.07 Å². The van der Waals surface area contributed by atoms with Gasteiger partial charge in [-0.1, -0.05) is 36.4 Å². The van der Waals surface area contributed by atoms with Crippen LogP contribution in [0.5, 0.6) is 5.88 Å². The highest BCUT2D eigenvalue weighted by Gasteiger charge is 2.30. The molecule has 32 heavy (non-hydrogen) atoms. The fraction of sp³-hybridized carbons (Fsp3) is 0.208. The molecule has 0 bridgehead atoms. The number of halogens is 3. The minimum Gasteiger partial charge on any atom is -0.477 e. The van der Waals surface area contributed by atoms with E-state index in [1.54, 1.807) is 48.5 Å². The van der Waals surface area contributed by atoms with Crippen molar-refractivity contribution in [3.05, 3.63) is 83.4 Å². The summed E-state index contributed by atoms with van der Waals surface area (Å²) < 4.78 is 44.2. The highest BCUT2D eigenvalue weighted by atomic mass is 19.4. The number of nitrogens with zero attached hydrogens (tertiary/aromatic N) is 2. The molecule has 1 N–H and O–H groups in total. The molecule has 5 nitrogen and oxygen atoms in total. The summed E-state index contributed by atoms with van der Waals surface area (Å²) in [6.07, 6.45) is -3.85. The second-order valence-corrected chi connectivity index (χ2v) is 6.90. The lowest BCUT2D eigenvalue weighted by molar-refractivity contribution is -0.137. The van der Waals surface area contributed by atoms with Gasteiger partial charge in [-0.25, -0.2) is 4.98 Å². The molecule has 0 aliphatic carbocycles. The largest absolute Gasteiger partial charge is 0.477 e. The van der Waals surface area contributed by atoms with Crippen LogP contribution < -0.4 is 10.1 Å². The Morgan fingerprint density at radius 3 is 2.62 bits per heavy atom. The van der Waals surface area contributed by atoms with Crippen molar-refractivity contribution in [2.24, 2.45) is 0 Å². The average Bonchev–Trinajstić information content (AvgIpc) is 2.79. The Kier molecular flexibility index (Phi) is 7.45. The molecule has 0 saturated carbocycles. The van der Waals surface area contributed by atoms with Crippen molar-refractivity contribution in [2.45, 2.75) is 19.0 Å². The average molecular weight is 439 g/mol. The van der Waals surface area contributed by atoms with Crippen molar-refractivity contribution in [3.8, 4) is 23.2 Å². The fourth-order valence-electron chi connectivity index (χ4n) is 2.99. The van der Waals surface area contributed by atoms with Crippen molar-refractivity contribution in [2.75, 3.05) is 13.2 Å². The highest BCUT2D eigenvalue weighted by Crippen LogP contribution is 2.29. The number of aromatic nitrogens is 1. The molecular weight excluding hydrogens is 419 g/mol. The summed E-state index contributed by atoms with van der Waals surface area (Å²) in [7, 11) is 0. The van der Waals surface area contributed by atoms with Gasteiger partial charge in [0.15, 0.2) is 0 Å². The molecule has 1 heterocycles. The van der Waals surface area contributed by atoms with E-state index in [2.05, 4.69) is 10.3 Å². The van der Waals surface area contributed by atoms with Gasteiger partial charge in [0.1, 0.15) is 0 Å². The van der Waals surface area contributed by atoms with Crippen LogP contribution in [0.3, 0.4) is 0 Å². The van der Waals surface area contributed by atoms with E-state index < -0.39 is 11.7 Å². The quantitative estimate of drug-likeness (QED) is 0.500. The lowest BCUT2D eigenvalue weighted by atomic mass is 10.1. The number of amides is 1. The number of ether oxygens (including phenoxy) is 1. The summed E-state index contributed by atoms with van der Waals surface area (Å²) in [6, 6.07) is 19.2. The molecule has 8 heteroatoms. The Hall–Kier alpha value is -3.86. The van der Waals surface area contributed by atoms with E-state index in [0.717, 1.165) is 12.1 Å². The van der Waals surface area contributed by atoms with E-state index >= 15 is 0 Å². The summed E-state index contributed by atoms with van der Waals surface area (Å²) in [5, 5.41) is 11.2. The molecular formula is C24H20F3N3O2. The van der Waals surface area contributed by atoms with Crippen LogP contribution in [0.25, 0.3) is 11.3 Å². The topological polar surface area (TPSA) is 75.0 Å². The van der Waals surface area contributed by atoms with Crippen molar-refractivity contribution in [1.29, 1.82) is 5.26 Å². The number of carbonyl (C=O) groups is 1. The van der Waals surface area contributed by atoms with Gasteiger partial charge < -0.3 is 10.1 Å². The number of nitrogens with one attached hydrogen (secondary N) is 1. The first-order valence-electron chi connectivity index (χ1n) is 9.88. The van der Waals surface area contributed by atoms with Gasteiger partial charge in [-0.05, 0) is 29.8 Å². The van der Waals surface area contributed by atoms with Crippen molar-refractivity contribution in [1.82, 2.24) is 10.3 Å². The summed E-state index contributed by atoms with van der Waals surface area (Å²) in [5.74, 6) is 0.0499. The lowest BCUT2D eigenvalue weighted by Gasteiger charge is -2.10. The van der Waals surface area contributed by atoms with E-state index in [9.17, 15) is 18.0 Å². The number of alkyl halides is 3. The van der Waals surface area contributed by atoms with Gasteiger partial charge in [-0.2, -0.15) is 18.4 Å². The van der Waals surface area contributed by atoms with E-state index in [-0.39, 0.29) is 25.5 Å². The number of carbonyl (C=O) groups excluding carboxylic acids is 1. The molecule has 1 aromatic heterocycles. The third-order valence-electron chi connectivity index (χ3n) is 4.56. The predicted molar refractivity (Wildman–Crippen MR) is 113 cm³/mol. The Bertz CT molecular complexity index is 1120. The van der Waals surface area contributed by atoms with Gasteiger partial charge in [-0.15, -0.1) is 0 Å². The molecule has 0 saturated heterocycles. The Morgan fingerprint density at radius 2 is 1.84 bits per heavy atom. The van der Waals surface area contributed by atoms with Crippen LogP contribution in [0.15, 0.2) is 66.7 Å². The number of hydrogen-bond acceptors (Lipinski definition) is 4. The molecule has 0 radical (unpaired) electrons. The molecule has 0 aliphatic rings. The summed E-state index contributed by atoms with van der Waals surface area (Å²) in [6.45, 7) is 0.437. The van der Waals surface area contributed by atoms with Crippen molar-refractivity contribution >= 4 is 5.91 Å². The molecule has 0 fully saturated rings. The minimum absolute atomic E-state index is 0.166. The first kappa shape index (κ1) is 22.8. The minimum atomic E-state index is -4.38. The van der Waals surface area contributed by atoms with E-state index in [0.29, 0.717) is 34.7 Å². The van der Waals surface area contributed by atoms with Gasteiger partial charge in [0.25, 0.3) is 5.91 Å². The molecule has 2 aromatic carbocycles. The van der Waals surface area contributed by atoms with Crippen LogP contribution in [0.2, 0.25) is 0 Å². The van der Waals surface area contributed by atoms with Gasteiger partial charge >= 0.3 is 6.18 Å². The molecule has 164 valence electrons. The van der Waals surface area contributed by atoms with Crippen molar-refractivity contribution < 1.29 is 22.7 Å². The maximum absolute atomic E-state index is 12.8. The second-order valence-electron chi connectivity index (χ2n) is 6.90. The van der Waals surface area contributed by atoms with Gasteiger partial charge in [0.05, 0.1) is 30.4 Å². The van der Waals surface area contributed by atoms with E-state index in [1.807, 2.05) is 6.07 Å². The van der Waals surface area contributed by atoms with Crippen LogP contribution in [-0.2, 0) is 12.6 Å². The van der Waals surface area contributed by atoms with Crippen LogP contribution >= 0.6 is 0 Å². The van der Waals surface area contributed by atoms with Crippen LogP contribution in [-0.4, -0.2) is 24.0 Å². The SMILES string of the molecule is N#CCCNC(=O)c1cccc(-c2cccc(OCCc3cccc(C(F)(F)F)c3)n2)c1. The first-order chi connectivity index (χ1) is 15.4. The van der Waals surface area contributed by atoms with Crippen LogP contribution in [0, 0.1) is 11.3 Å². The molecule has 0 atom stereocenters.